The Hall–Kier alpha value is -2.02. The molecule has 0 saturated heterocycles. The van der Waals surface area contributed by atoms with Gasteiger partial charge in [-0.25, -0.2) is 4.98 Å². The van der Waals surface area contributed by atoms with Crippen LogP contribution in [0.5, 0.6) is 11.5 Å². The highest BCUT2D eigenvalue weighted by atomic mass is 32.1. The highest BCUT2D eigenvalue weighted by Gasteiger charge is 2.15. The molecule has 1 aliphatic heterocycles. The Morgan fingerprint density at radius 1 is 1.37 bits per heavy atom. The molecule has 0 aliphatic carbocycles. The molecule has 2 heterocycles. The van der Waals surface area contributed by atoms with Crippen LogP contribution in [-0.2, 0) is 4.79 Å². The monoisotopic (exact) mass is 279 g/mol. The normalized spacial score (nSPS) is 13.3. The maximum atomic E-state index is 11.2. The summed E-state index contributed by atoms with van der Waals surface area (Å²) in [5, 5.41) is 0.638. The summed E-state index contributed by atoms with van der Waals surface area (Å²) in [5.41, 5.74) is 6.20. The van der Waals surface area contributed by atoms with E-state index in [0.29, 0.717) is 30.5 Å². The van der Waals surface area contributed by atoms with E-state index in [1.807, 2.05) is 12.1 Å². The third-order valence-electron chi connectivity index (χ3n) is 2.68. The van der Waals surface area contributed by atoms with Gasteiger partial charge in [0, 0.05) is 18.6 Å². The van der Waals surface area contributed by atoms with Gasteiger partial charge in [-0.15, -0.1) is 0 Å². The number of benzene rings is 1. The van der Waals surface area contributed by atoms with E-state index in [1.165, 1.54) is 11.3 Å². The van der Waals surface area contributed by atoms with E-state index in [2.05, 4.69) is 15.8 Å². The summed E-state index contributed by atoms with van der Waals surface area (Å²) in [5.74, 6) is 1.38. The van der Waals surface area contributed by atoms with Crippen molar-refractivity contribution < 1.29 is 14.3 Å². The van der Waals surface area contributed by atoms with Crippen molar-refractivity contribution in [3.8, 4) is 11.5 Å². The molecule has 1 amide bonds. The van der Waals surface area contributed by atoms with Gasteiger partial charge in [0.25, 0.3) is 0 Å². The van der Waals surface area contributed by atoms with Crippen molar-refractivity contribution in [3.05, 3.63) is 12.1 Å². The second-order valence-corrected chi connectivity index (χ2v) is 5.04. The number of hydrogen-bond acceptors (Lipinski definition) is 6. The van der Waals surface area contributed by atoms with Gasteiger partial charge < -0.3 is 9.47 Å². The summed E-state index contributed by atoms with van der Waals surface area (Å²) in [6, 6.07) is 3.77. The van der Waals surface area contributed by atoms with Gasteiger partial charge in [-0.1, -0.05) is 18.3 Å². The van der Waals surface area contributed by atoms with Gasteiger partial charge >= 0.3 is 0 Å². The number of amides is 1. The smallest absolute Gasteiger partial charge is 0.238 e. The second-order valence-electron chi connectivity index (χ2n) is 4.01. The van der Waals surface area contributed by atoms with Gasteiger partial charge in [-0.3, -0.25) is 15.6 Å². The van der Waals surface area contributed by atoms with Crippen molar-refractivity contribution in [2.75, 3.05) is 18.6 Å². The van der Waals surface area contributed by atoms with Crippen molar-refractivity contribution in [2.24, 2.45) is 0 Å². The van der Waals surface area contributed by atoms with Crippen LogP contribution in [0.1, 0.15) is 13.3 Å². The van der Waals surface area contributed by atoms with E-state index < -0.39 is 0 Å². The topological polar surface area (TPSA) is 72.5 Å². The fourth-order valence-corrected chi connectivity index (χ4v) is 2.56. The van der Waals surface area contributed by atoms with E-state index in [1.54, 1.807) is 6.92 Å². The van der Waals surface area contributed by atoms with E-state index in [-0.39, 0.29) is 5.91 Å². The lowest BCUT2D eigenvalue weighted by Crippen LogP contribution is -2.28. The summed E-state index contributed by atoms with van der Waals surface area (Å²) < 4.78 is 12.0. The van der Waals surface area contributed by atoms with Crippen molar-refractivity contribution in [1.29, 1.82) is 0 Å². The first-order valence-electron chi connectivity index (χ1n) is 6.01. The molecule has 0 saturated carbocycles. The number of hydrazine groups is 1. The molecule has 1 aliphatic rings. The number of aromatic nitrogens is 1. The average molecular weight is 279 g/mol. The number of fused-ring (bicyclic) bond motifs is 2. The molecular formula is C12H13N3O3S. The molecule has 2 N–H and O–H groups in total. The number of nitrogens with one attached hydrogen (secondary N) is 2. The zero-order chi connectivity index (χ0) is 13.2. The molecule has 0 bridgehead atoms. The Bertz CT molecular complexity index is 583. The zero-order valence-electron chi connectivity index (χ0n) is 10.4. The third-order valence-corrected chi connectivity index (χ3v) is 3.62. The largest absolute Gasteiger partial charge is 0.486 e. The lowest BCUT2D eigenvalue weighted by atomic mass is 10.3. The van der Waals surface area contributed by atoms with Gasteiger partial charge in [-0.2, -0.15) is 0 Å². The molecule has 0 spiro atoms. The van der Waals surface area contributed by atoms with E-state index >= 15 is 0 Å². The average Bonchev–Trinajstić information content (AvgIpc) is 2.83. The minimum atomic E-state index is -0.0785. The van der Waals surface area contributed by atoms with Gasteiger partial charge in [0.15, 0.2) is 11.5 Å². The first-order chi connectivity index (χ1) is 9.26. The predicted molar refractivity (Wildman–Crippen MR) is 72.7 cm³/mol. The molecule has 1 aromatic carbocycles. The summed E-state index contributed by atoms with van der Waals surface area (Å²) in [6.45, 7) is 2.91. The SMILES string of the molecule is CCC(=O)NNc1nc2cc3c(cc2s1)OCCO3. The van der Waals surface area contributed by atoms with E-state index in [4.69, 9.17) is 9.47 Å². The van der Waals surface area contributed by atoms with Crippen LogP contribution in [0.3, 0.4) is 0 Å². The maximum absolute atomic E-state index is 11.2. The summed E-state index contributed by atoms with van der Waals surface area (Å²) in [6.07, 6.45) is 0.424. The highest BCUT2D eigenvalue weighted by molar-refractivity contribution is 7.22. The fourth-order valence-electron chi connectivity index (χ4n) is 1.73. The summed E-state index contributed by atoms with van der Waals surface area (Å²) in [4.78, 5) is 15.6. The van der Waals surface area contributed by atoms with Crippen LogP contribution < -0.4 is 20.3 Å². The molecule has 0 fully saturated rings. The van der Waals surface area contributed by atoms with E-state index in [0.717, 1.165) is 16.0 Å². The van der Waals surface area contributed by atoms with E-state index in [9.17, 15) is 4.79 Å². The fraction of sp³-hybridized carbons (Fsp3) is 0.333. The number of ether oxygens (including phenoxy) is 2. The van der Waals surface area contributed by atoms with Crippen LogP contribution in [0.4, 0.5) is 5.13 Å². The molecule has 19 heavy (non-hydrogen) atoms. The Balaban J connectivity index is 1.86. The number of nitrogens with zero attached hydrogens (tertiary/aromatic N) is 1. The van der Waals surface area contributed by atoms with Crippen LogP contribution in [0, 0.1) is 0 Å². The van der Waals surface area contributed by atoms with Crippen LogP contribution in [0.2, 0.25) is 0 Å². The number of rotatable bonds is 3. The minimum absolute atomic E-state index is 0.0785. The number of hydrogen-bond donors (Lipinski definition) is 2. The minimum Gasteiger partial charge on any atom is -0.486 e. The third kappa shape index (κ3) is 2.41. The Kier molecular flexibility index (Phi) is 3.12. The number of thiazole rings is 1. The first-order valence-corrected chi connectivity index (χ1v) is 6.83. The van der Waals surface area contributed by atoms with Gasteiger partial charge in [-0.05, 0) is 0 Å². The summed E-state index contributed by atoms with van der Waals surface area (Å²) in [7, 11) is 0. The first kappa shape index (κ1) is 12.0. The molecule has 100 valence electrons. The molecule has 0 unspecified atom stereocenters. The molecule has 0 atom stereocenters. The second kappa shape index (κ2) is 4.93. The zero-order valence-corrected chi connectivity index (χ0v) is 11.2. The molecule has 7 heteroatoms. The van der Waals surface area contributed by atoms with Gasteiger partial charge in [0.1, 0.15) is 13.2 Å². The van der Waals surface area contributed by atoms with Gasteiger partial charge in [0.2, 0.25) is 11.0 Å². The lowest BCUT2D eigenvalue weighted by molar-refractivity contribution is -0.120. The Morgan fingerprint density at radius 3 is 2.84 bits per heavy atom. The number of carbonyl (C=O) groups excluding carboxylic acids is 1. The summed E-state index contributed by atoms with van der Waals surface area (Å²) >= 11 is 1.45. The molecule has 0 radical (unpaired) electrons. The van der Waals surface area contributed by atoms with Crippen LogP contribution in [-0.4, -0.2) is 24.1 Å². The van der Waals surface area contributed by atoms with Crippen molar-refractivity contribution in [2.45, 2.75) is 13.3 Å². The van der Waals surface area contributed by atoms with Crippen LogP contribution in [0.15, 0.2) is 12.1 Å². The predicted octanol–water partition coefficient (Wildman–Crippen LogP) is 1.92. The van der Waals surface area contributed by atoms with Crippen LogP contribution >= 0.6 is 11.3 Å². The molecule has 1 aromatic heterocycles. The van der Waals surface area contributed by atoms with Crippen molar-refractivity contribution in [3.63, 3.8) is 0 Å². The Labute approximate surface area is 113 Å². The maximum Gasteiger partial charge on any atom is 0.238 e. The number of carbonyl (C=O) groups is 1. The molecule has 3 rings (SSSR count). The standard InChI is InChI=1S/C12H13N3O3S/c1-2-11(16)14-15-12-13-7-5-8-9(6-10(7)19-12)18-4-3-17-8/h5-6H,2-4H2,1H3,(H,13,15)(H,14,16). The highest BCUT2D eigenvalue weighted by Crippen LogP contribution is 2.37. The quantitative estimate of drug-likeness (QED) is 0.840. The van der Waals surface area contributed by atoms with Crippen molar-refractivity contribution >= 4 is 32.6 Å². The molecular weight excluding hydrogens is 266 g/mol. The van der Waals surface area contributed by atoms with Crippen LogP contribution in [0.25, 0.3) is 10.2 Å². The lowest BCUT2D eigenvalue weighted by Gasteiger charge is -2.17. The Morgan fingerprint density at radius 2 is 2.11 bits per heavy atom. The van der Waals surface area contributed by atoms with Gasteiger partial charge in [0.05, 0.1) is 10.2 Å². The van der Waals surface area contributed by atoms with Crippen molar-refractivity contribution in [1.82, 2.24) is 10.4 Å². The number of anilines is 1. The molecule has 6 nitrogen and oxygen atoms in total. The molecule has 2 aromatic rings.